The number of carbonyl (C=O) groups excluding carboxylic acids is 3. The molecule has 0 saturated carbocycles. The molecule has 1 atom stereocenters. The number of benzene rings is 3. The first-order valence-electron chi connectivity index (χ1n) is 11.4. The topological polar surface area (TPSA) is 76.1 Å². The standard InChI is InChI=1S/C30H26N2O3/c1-20-17-21(2)19-25(18-20)30(35)32-27(22-13-15-31-16-14-22)26(28(33)23-9-5-3-6-10-23)29(34)24-11-7-4-8-12-24/h3-19,26-27H,1-2H3,(H,32,35). The second kappa shape index (κ2) is 10.7. The molecule has 1 N–H and O–H groups in total. The van der Waals surface area contributed by atoms with Crippen LogP contribution in [0, 0.1) is 19.8 Å². The molecule has 35 heavy (non-hydrogen) atoms. The van der Waals surface area contributed by atoms with E-state index in [1.807, 2.05) is 32.0 Å². The summed E-state index contributed by atoms with van der Waals surface area (Å²) in [6.45, 7) is 3.84. The fourth-order valence-corrected chi connectivity index (χ4v) is 4.25. The molecule has 5 heteroatoms. The minimum Gasteiger partial charge on any atom is -0.344 e. The van der Waals surface area contributed by atoms with E-state index in [2.05, 4.69) is 10.3 Å². The van der Waals surface area contributed by atoms with Crippen LogP contribution >= 0.6 is 0 Å². The van der Waals surface area contributed by atoms with Crippen molar-refractivity contribution in [3.05, 3.63) is 137 Å². The van der Waals surface area contributed by atoms with E-state index in [9.17, 15) is 14.4 Å². The Kier molecular flexibility index (Phi) is 7.27. The summed E-state index contributed by atoms with van der Waals surface area (Å²) in [7, 11) is 0. The average Bonchev–Trinajstić information content (AvgIpc) is 2.89. The smallest absolute Gasteiger partial charge is 0.251 e. The predicted molar refractivity (Wildman–Crippen MR) is 135 cm³/mol. The normalized spacial score (nSPS) is 11.6. The van der Waals surface area contributed by atoms with Crippen LogP contribution in [-0.2, 0) is 0 Å². The van der Waals surface area contributed by atoms with Crippen LogP contribution in [-0.4, -0.2) is 22.5 Å². The molecule has 1 heterocycles. The Morgan fingerprint density at radius 2 is 1.14 bits per heavy atom. The van der Waals surface area contributed by atoms with E-state index in [-0.39, 0.29) is 17.5 Å². The van der Waals surface area contributed by atoms with Crippen LogP contribution in [0.4, 0.5) is 0 Å². The van der Waals surface area contributed by atoms with E-state index in [0.717, 1.165) is 11.1 Å². The minimum absolute atomic E-state index is 0.356. The molecular weight excluding hydrogens is 436 g/mol. The van der Waals surface area contributed by atoms with E-state index >= 15 is 0 Å². The number of nitrogens with one attached hydrogen (secondary N) is 1. The van der Waals surface area contributed by atoms with Crippen molar-refractivity contribution in [1.82, 2.24) is 10.3 Å². The lowest BCUT2D eigenvalue weighted by Crippen LogP contribution is -2.41. The summed E-state index contributed by atoms with van der Waals surface area (Å²) in [4.78, 5) is 45.1. The summed E-state index contributed by atoms with van der Waals surface area (Å²) in [5.41, 5.74) is 3.81. The van der Waals surface area contributed by atoms with Gasteiger partial charge in [-0.1, -0.05) is 77.9 Å². The van der Waals surface area contributed by atoms with Crippen molar-refractivity contribution in [3.8, 4) is 0 Å². The Balaban J connectivity index is 1.82. The summed E-state index contributed by atoms with van der Waals surface area (Å²) in [6, 6.07) is 25.5. The first-order chi connectivity index (χ1) is 16.9. The van der Waals surface area contributed by atoms with Crippen LogP contribution in [0.1, 0.15) is 53.8 Å². The van der Waals surface area contributed by atoms with E-state index < -0.39 is 12.0 Å². The summed E-state index contributed by atoms with van der Waals surface area (Å²) in [5.74, 6) is -2.24. The Labute approximate surface area is 204 Å². The number of aryl methyl sites for hydroxylation is 2. The number of Topliss-reactive ketones (excluding diaryl/α,β-unsaturated/α-hetero) is 2. The molecule has 1 aromatic heterocycles. The molecule has 4 rings (SSSR count). The first kappa shape index (κ1) is 23.8. The lowest BCUT2D eigenvalue weighted by Gasteiger charge is -2.27. The van der Waals surface area contributed by atoms with Gasteiger partial charge in [-0.25, -0.2) is 0 Å². The fraction of sp³-hybridized carbons (Fsp3) is 0.133. The van der Waals surface area contributed by atoms with Crippen molar-refractivity contribution in [3.63, 3.8) is 0 Å². The van der Waals surface area contributed by atoms with Crippen LogP contribution < -0.4 is 5.32 Å². The van der Waals surface area contributed by atoms with Gasteiger partial charge < -0.3 is 5.32 Å². The number of nitrogens with zero attached hydrogens (tertiary/aromatic N) is 1. The zero-order valence-corrected chi connectivity index (χ0v) is 19.6. The van der Waals surface area contributed by atoms with Gasteiger partial charge in [0.25, 0.3) is 5.91 Å². The SMILES string of the molecule is Cc1cc(C)cc(C(=O)NC(c2ccncc2)C(C(=O)c2ccccc2)C(=O)c2ccccc2)c1. The Morgan fingerprint density at radius 1 is 0.657 bits per heavy atom. The number of amides is 1. The predicted octanol–water partition coefficient (Wildman–Crippen LogP) is 5.55. The van der Waals surface area contributed by atoms with E-state index in [1.54, 1.807) is 85.2 Å². The molecule has 0 radical (unpaired) electrons. The monoisotopic (exact) mass is 462 g/mol. The zero-order valence-electron chi connectivity index (χ0n) is 19.6. The highest BCUT2D eigenvalue weighted by atomic mass is 16.2. The zero-order chi connectivity index (χ0) is 24.8. The Bertz CT molecular complexity index is 1260. The summed E-state index contributed by atoms with van der Waals surface area (Å²) in [6.07, 6.45) is 3.17. The third-order valence-electron chi connectivity index (χ3n) is 5.85. The molecule has 0 saturated heterocycles. The van der Waals surface area contributed by atoms with E-state index in [4.69, 9.17) is 0 Å². The molecule has 0 aliphatic heterocycles. The maximum atomic E-state index is 13.8. The second-order valence-electron chi connectivity index (χ2n) is 8.55. The number of hydrogen-bond donors (Lipinski definition) is 1. The van der Waals surface area contributed by atoms with Gasteiger partial charge in [0.15, 0.2) is 11.6 Å². The minimum atomic E-state index is -1.17. The number of pyridine rings is 1. The van der Waals surface area contributed by atoms with Crippen molar-refractivity contribution < 1.29 is 14.4 Å². The van der Waals surface area contributed by atoms with Crippen molar-refractivity contribution in [2.75, 3.05) is 0 Å². The second-order valence-corrected chi connectivity index (χ2v) is 8.55. The van der Waals surface area contributed by atoms with Crippen molar-refractivity contribution in [2.24, 2.45) is 5.92 Å². The van der Waals surface area contributed by atoms with E-state index in [0.29, 0.717) is 22.3 Å². The lowest BCUT2D eigenvalue weighted by atomic mass is 9.81. The van der Waals surface area contributed by atoms with Gasteiger partial charge in [0.05, 0.1) is 6.04 Å². The Hall–Kier alpha value is -4.38. The molecule has 1 amide bonds. The third kappa shape index (κ3) is 5.58. The molecule has 0 spiro atoms. The molecular formula is C30H26N2O3. The fourth-order valence-electron chi connectivity index (χ4n) is 4.25. The molecule has 4 aromatic rings. The van der Waals surface area contributed by atoms with Gasteiger partial charge >= 0.3 is 0 Å². The van der Waals surface area contributed by atoms with Gasteiger partial charge in [-0.2, -0.15) is 0 Å². The summed E-state index contributed by atoms with van der Waals surface area (Å²) < 4.78 is 0. The van der Waals surface area contributed by atoms with Crippen molar-refractivity contribution in [2.45, 2.75) is 19.9 Å². The molecule has 0 aliphatic rings. The van der Waals surface area contributed by atoms with Crippen LogP contribution in [0.2, 0.25) is 0 Å². The highest BCUT2D eigenvalue weighted by molar-refractivity contribution is 6.17. The summed E-state index contributed by atoms with van der Waals surface area (Å²) in [5, 5.41) is 3.00. The molecule has 174 valence electrons. The van der Waals surface area contributed by atoms with Crippen molar-refractivity contribution >= 4 is 17.5 Å². The first-order valence-corrected chi connectivity index (χ1v) is 11.4. The number of carbonyl (C=O) groups is 3. The lowest BCUT2D eigenvalue weighted by molar-refractivity contribution is 0.0754. The van der Waals surface area contributed by atoms with Gasteiger partial charge in [-0.15, -0.1) is 0 Å². The van der Waals surface area contributed by atoms with Crippen LogP contribution in [0.25, 0.3) is 0 Å². The van der Waals surface area contributed by atoms with Gasteiger partial charge in [-0.3, -0.25) is 19.4 Å². The maximum Gasteiger partial charge on any atom is 0.251 e. The maximum absolute atomic E-state index is 13.8. The number of hydrogen-bond acceptors (Lipinski definition) is 4. The molecule has 0 bridgehead atoms. The Morgan fingerprint density at radius 3 is 1.63 bits per heavy atom. The van der Waals surface area contributed by atoms with Crippen LogP contribution in [0.5, 0.6) is 0 Å². The van der Waals surface area contributed by atoms with Gasteiger partial charge in [0.2, 0.25) is 0 Å². The van der Waals surface area contributed by atoms with Crippen LogP contribution in [0.3, 0.4) is 0 Å². The van der Waals surface area contributed by atoms with Gasteiger partial charge in [0, 0.05) is 29.1 Å². The van der Waals surface area contributed by atoms with E-state index in [1.165, 1.54) is 0 Å². The molecule has 0 fully saturated rings. The highest BCUT2D eigenvalue weighted by Crippen LogP contribution is 2.29. The van der Waals surface area contributed by atoms with Crippen LogP contribution in [0.15, 0.2) is 103 Å². The number of rotatable bonds is 8. The average molecular weight is 463 g/mol. The van der Waals surface area contributed by atoms with Gasteiger partial charge in [0.1, 0.15) is 5.92 Å². The molecule has 3 aromatic carbocycles. The molecule has 0 aliphatic carbocycles. The molecule has 1 unspecified atom stereocenters. The highest BCUT2D eigenvalue weighted by Gasteiger charge is 2.38. The molecule has 5 nitrogen and oxygen atoms in total. The number of ketones is 2. The largest absolute Gasteiger partial charge is 0.344 e. The quantitative estimate of drug-likeness (QED) is 0.275. The van der Waals surface area contributed by atoms with Crippen molar-refractivity contribution in [1.29, 1.82) is 0 Å². The third-order valence-corrected chi connectivity index (χ3v) is 5.85. The number of aromatic nitrogens is 1. The summed E-state index contributed by atoms with van der Waals surface area (Å²) >= 11 is 0. The van der Waals surface area contributed by atoms with Gasteiger partial charge in [-0.05, 0) is 43.7 Å².